The number of ether oxygens (including phenoxy) is 1. The van der Waals surface area contributed by atoms with Crippen molar-refractivity contribution in [1.29, 1.82) is 0 Å². The fourth-order valence-electron chi connectivity index (χ4n) is 1.40. The standard InChI is InChI=1S/C11H15NO4/c13-7-5-12(6-8-14)10-1-3-11(4-2-10)16-9-15/h1-4,9,13-14H,5-8H2. The van der Waals surface area contributed by atoms with Gasteiger partial charge in [-0.25, -0.2) is 0 Å². The van der Waals surface area contributed by atoms with Crippen LogP contribution in [0.15, 0.2) is 24.3 Å². The van der Waals surface area contributed by atoms with Crippen LogP contribution in [0.1, 0.15) is 0 Å². The molecule has 0 spiro atoms. The number of aliphatic hydroxyl groups is 2. The number of anilines is 1. The molecule has 0 fully saturated rings. The minimum absolute atomic E-state index is 0.0204. The molecule has 0 aliphatic rings. The van der Waals surface area contributed by atoms with E-state index < -0.39 is 0 Å². The van der Waals surface area contributed by atoms with Crippen molar-refractivity contribution < 1.29 is 19.7 Å². The molecule has 0 aliphatic heterocycles. The fourth-order valence-corrected chi connectivity index (χ4v) is 1.40. The third-order valence-corrected chi connectivity index (χ3v) is 2.13. The lowest BCUT2D eigenvalue weighted by Crippen LogP contribution is -2.29. The Bertz CT molecular complexity index is 306. The van der Waals surface area contributed by atoms with Gasteiger partial charge in [-0.3, -0.25) is 4.79 Å². The van der Waals surface area contributed by atoms with Gasteiger partial charge in [0.2, 0.25) is 0 Å². The van der Waals surface area contributed by atoms with Gasteiger partial charge < -0.3 is 19.8 Å². The summed E-state index contributed by atoms with van der Waals surface area (Å²) in [4.78, 5) is 11.9. The lowest BCUT2D eigenvalue weighted by atomic mass is 10.2. The van der Waals surface area contributed by atoms with Crippen molar-refractivity contribution in [1.82, 2.24) is 0 Å². The molecule has 0 saturated carbocycles. The van der Waals surface area contributed by atoms with Gasteiger partial charge in [-0.05, 0) is 24.3 Å². The zero-order valence-corrected chi connectivity index (χ0v) is 8.87. The zero-order valence-electron chi connectivity index (χ0n) is 8.87. The second kappa shape index (κ2) is 6.81. The summed E-state index contributed by atoms with van der Waals surface area (Å²) in [6, 6.07) is 6.85. The predicted molar refractivity (Wildman–Crippen MR) is 59.5 cm³/mol. The Balaban J connectivity index is 2.72. The molecule has 0 aliphatic carbocycles. The summed E-state index contributed by atoms with van der Waals surface area (Å²) in [5, 5.41) is 17.7. The van der Waals surface area contributed by atoms with Gasteiger partial charge in [0.1, 0.15) is 5.75 Å². The lowest BCUT2D eigenvalue weighted by molar-refractivity contribution is -0.120. The molecule has 88 valence electrons. The molecule has 0 bridgehead atoms. The number of carbonyl (C=O) groups is 1. The van der Waals surface area contributed by atoms with Crippen LogP contribution in [0.5, 0.6) is 5.75 Å². The number of hydrogen-bond donors (Lipinski definition) is 2. The van der Waals surface area contributed by atoms with E-state index in [-0.39, 0.29) is 13.2 Å². The van der Waals surface area contributed by atoms with Crippen LogP contribution in [-0.4, -0.2) is 43.0 Å². The van der Waals surface area contributed by atoms with Crippen LogP contribution >= 0.6 is 0 Å². The Kier molecular flexibility index (Phi) is 5.31. The maximum Gasteiger partial charge on any atom is 0.298 e. The van der Waals surface area contributed by atoms with Gasteiger partial charge in [-0.1, -0.05) is 0 Å². The topological polar surface area (TPSA) is 70.0 Å². The fraction of sp³-hybridized carbons (Fsp3) is 0.364. The van der Waals surface area contributed by atoms with E-state index in [0.29, 0.717) is 25.3 Å². The first-order chi connectivity index (χ1) is 7.81. The summed E-state index contributed by atoms with van der Waals surface area (Å²) in [7, 11) is 0. The van der Waals surface area contributed by atoms with Crippen molar-refractivity contribution in [3.63, 3.8) is 0 Å². The van der Waals surface area contributed by atoms with Crippen LogP contribution in [-0.2, 0) is 4.79 Å². The second-order valence-corrected chi connectivity index (χ2v) is 3.14. The minimum Gasteiger partial charge on any atom is -0.429 e. The zero-order chi connectivity index (χ0) is 11.8. The van der Waals surface area contributed by atoms with Gasteiger partial charge in [-0.15, -0.1) is 0 Å². The van der Waals surface area contributed by atoms with E-state index in [4.69, 9.17) is 10.2 Å². The van der Waals surface area contributed by atoms with Crippen molar-refractivity contribution in [2.45, 2.75) is 0 Å². The first-order valence-electron chi connectivity index (χ1n) is 4.99. The molecule has 5 nitrogen and oxygen atoms in total. The highest BCUT2D eigenvalue weighted by Gasteiger charge is 2.05. The van der Waals surface area contributed by atoms with Gasteiger partial charge in [-0.2, -0.15) is 0 Å². The Morgan fingerprint density at radius 1 is 1.12 bits per heavy atom. The van der Waals surface area contributed by atoms with E-state index in [1.54, 1.807) is 24.3 Å². The van der Waals surface area contributed by atoms with E-state index in [1.807, 2.05) is 4.90 Å². The summed E-state index contributed by atoms with van der Waals surface area (Å²) in [5.41, 5.74) is 0.862. The highest BCUT2D eigenvalue weighted by molar-refractivity contribution is 5.52. The molecule has 5 heteroatoms. The van der Waals surface area contributed by atoms with E-state index in [9.17, 15) is 4.79 Å². The number of benzene rings is 1. The molecule has 1 aromatic rings. The van der Waals surface area contributed by atoms with Crippen molar-refractivity contribution in [2.75, 3.05) is 31.2 Å². The minimum atomic E-state index is 0.0204. The molecule has 0 radical (unpaired) electrons. The Labute approximate surface area is 93.9 Å². The van der Waals surface area contributed by atoms with Gasteiger partial charge in [0.05, 0.1) is 13.2 Å². The molecule has 1 rings (SSSR count). The Morgan fingerprint density at radius 3 is 2.12 bits per heavy atom. The maximum absolute atomic E-state index is 10.1. The van der Waals surface area contributed by atoms with E-state index in [1.165, 1.54) is 0 Å². The van der Waals surface area contributed by atoms with E-state index >= 15 is 0 Å². The van der Waals surface area contributed by atoms with Gasteiger partial charge in [0.25, 0.3) is 6.47 Å². The summed E-state index contributed by atoms with van der Waals surface area (Å²) in [6.07, 6.45) is 0. The van der Waals surface area contributed by atoms with Gasteiger partial charge in [0, 0.05) is 18.8 Å². The molecule has 0 amide bonds. The quantitative estimate of drug-likeness (QED) is 0.640. The summed E-state index contributed by atoms with van der Waals surface area (Å²) >= 11 is 0. The number of rotatable bonds is 7. The molecular weight excluding hydrogens is 210 g/mol. The summed E-state index contributed by atoms with van der Waals surface area (Å²) < 4.78 is 4.66. The van der Waals surface area contributed by atoms with Crippen LogP contribution < -0.4 is 9.64 Å². The van der Waals surface area contributed by atoms with Crippen LogP contribution in [0.25, 0.3) is 0 Å². The third kappa shape index (κ3) is 3.52. The van der Waals surface area contributed by atoms with Crippen LogP contribution in [0.2, 0.25) is 0 Å². The number of aliphatic hydroxyl groups excluding tert-OH is 2. The van der Waals surface area contributed by atoms with E-state index in [0.717, 1.165) is 5.69 Å². The Morgan fingerprint density at radius 2 is 1.69 bits per heavy atom. The van der Waals surface area contributed by atoms with Gasteiger partial charge in [0.15, 0.2) is 0 Å². The number of carbonyl (C=O) groups excluding carboxylic acids is 1. The van der Waals surface area contributed by atoms with Crippen molar-refractivity contribution in [3.8, 4) is 5.75 Å². The van der Waals surface area contributed by atoms with Gasteiger partial charge >= 0.3 is 0 Å². The molecule has 0 unspecified atom stereocenters. The molecule has 0 aromatic heterocycles. The highest BCUT2D eigenvalue weighted by atomic mass is 16.5. The van der Waals surface area contributed by atoms with Crippen LogP contribution in [0.4, 0.5) is 5.69 Å². The maximum atomic E-state index is 10.1. The molecule has 2 N–H and O–H groups in total. The average Bonchev–Trinajstić information content (AvgIpc) is 2.30. The summed E-state index contributed by atoms with van der Waals surface area (Å²) in [6.45, 7) is 1.32. The number of hydrogen-bond acceptors (Lipinski definition) is 5. The Hall–Kier alpha value is -1.59. The van der Waals surface area contributed by atoms with Crippen LogP contribution in [0, 0.1) is 0 Å². The van der Waals surface area contributed by atoms with Crippen LogP contribution in [0.3, 0.4) is 0 Å². The molecule has 0 saturated heterocycles. The predicted octanol–water partition coefficient (Wildman–Crippen LogP) is 0.0128. The molecule has 0 atom stereocenters. The average molecular weight is 225 g/mol. The first-order valence-corrected chi connectivity index (χ1v) is 4.99. The molecular formula is C11H15NO4. The number of nitrogens with zero attached hydrogens (tertiary/aromatic N) is 1. The highest BCUT2D eigenvalue weighted by Crippen LogP contribution is 2.18. The lowest BCUT2D eigenvalue weighted by Gasteiger charge is -2.22. The summed E-state index contributed by atoms with van der Waals surface area (Å²) in [5.74, 6) is 0.465. The van der Waals surface area contributed by atoms with Crippen molar-refractivity contribution in [2.24, 2.45) is 0 Å². The monoisotopic (exact) mass is 225 g/mol. The van der Waals surface area contributed by atoms with E-state index in [2.05, 4.69) is 4.74 Å². The molecule has 1 aromatic carbocycles. The van der Waals surface area contributed by atoms with Crippen molar-refractivity contribution in [3.05, 3.63) is 24.3 Å². The smallest absolute Gasteiger partial charge is 0.298 e. The largest absolute Gasteiger partial charge is 0.429 e. The molecule has 16 heavy (non-hydrogen) atoms. The third-order valence-electron chi connectivity index (χ3n) is 2.13. The second-order valence-electron chi connectivity index (χ2n) is 3.14. The van der Waals surface area contributed by atoms with Crippen molar-refractivity contribution >= 4 is 12.2 Å². The molecule has 0 heterocycles. The first kappa shape index (κ1) is 12.5. The SMILES string of the molecule is O=COc1ccc(N(CCO)CCO)cc1. The normalized spacial score (nSPS) is 9.88.